The molecular weight excluding hydrogens is 381 g/mol. The van der Waals surface area contributed by atoms with Crippen LogP contribution in [0.2, 0.25) is 0 Å². The number of hydrogen-bond acceptors (Lipinski definition) is 3. The van der Waals surface area contributed by atoms with Gasteiger partial charge in [0.1, 0.15) is 5.82 Å². The van der Waals surface area contributed by atoms with Gasteiger partial charge < -0.3 is 20.1 Å². The fraction of sp³-hybridized carbons (Fsp3) is 0.458. The van der Waals surface area contributed by atoms with Crippen LogP contribution in [0.25, 0.3) is 0 Å². The third kappa shape index (κ3) is 7.76. The Bertz CT molecular complexity index is 807. The highest BCUT2D eigenvalue weighted by atomic mass is 19.1. The van der Waals surface area contributed by atoms with Gasteiger partial charge in [-0.2, -0.15) is 0 Å². The molecule has 1 fully saturated rings. The lowest BCUT2D eigenvalue weighted by atomic mass is 10.1. The van der Waals surface area contributed by atoms with Gasteiger partial charge in [0.05, 0.1) is 19.3 Å². The van der Waals surface area contributed by atoms with Gasteiger partial charge in [0.15, 0.2) is 5.96 Å². The highest BCUT2D eigenvalue weighted by Crippen LogP contribution is 2.14. The third-order valence-electron chi connectivity index (χ3n) is 5.00. The number of halogens is 1. The lowest BCUT2D eigenvalue weighted by Crippen LogP contribution is -2.38. The second-order valence-electron chi connectivity index (χ2n) is 7.44. The van der Waals surface area contributed by atoms with Crippen molar-refractivity contribution in [2.45, 2.75) is 45.4 Å². The van der Waals surface area contributed by atoms with Crippen LogP contribution in [0.1, 0.15) is 36.5 Å². The predicted octanol–water partition coefficient (Wildman–Crippen LogP) is 3.82. The van der Waals surface area contributed by atoms with Crippen molar-refractivity contribution < 1.29 is 13.9 Å². The fourth-order valence-electron chi connectivity index (χ4n) is 3.40. The molecule has 0 amide bonds. The Hall–Kier alpha value is -2.44. The van der Waals surface area contributed by atoms with E-state index in [0.29, 0.717) is 25.8 Å². The van der Waals surface area contributed by atoms with Crippen molar-refractivity contribution in [3.8, 4) is 0 Å². The summed E-state index contributed by atoms with van der Waals surface area (Å²) < 4.78 is 24.7. The summed E-state index contributed by atoms with van der Waals surface area (Å²) >= 11 is 0. The van der Waals surface area contributed by atoms with Crippen LogP contribution in [0.15, 0.2) is 53.5 Å². The van der Waals surface area contributed by atoms with Gasteiger partial charge >= 0.3 is 0 Å². The number of rotatable bonds is 9. The molecule has 5 nitrogen and oxygen atoms in total. The largest absolute Gasteiger partial charge is 0.381 e. The number of ether oxygens (including phenoxy) is 2. The lowest BCUT2D eigenvalue weighted by molar-refractivity contribution is -0.0390. The van der Waals surface area contributed by atoms with Crippen molar-refractivity contribution in [3.63, 3.8) is 0 Å². The summed E-state index contributed by atoms with van der Waals surface area (Å²) in [4.78, 5) is 4.69. The van der Waals surface area contributed by atoms with E-state index in [1.807, 2.05) is 13.0 Å². The number of hydrogen-bond donors (Lipinski definition) is 2. The molecule has 3 rings (SSSR count). The average Bonchev–Trinajstić information content (AvgIpc) is 2.77. The summed E-state index contributed by atoms with van der Waals surface area (Å²) in [6.45, 7) is 6.29. The Morgan fingerprint density at radius 1 is 1.07 bits per heavy atom. The van der Waals surface area contributed by atoms with Gasteiger partial charge in [-0.25, -0.2) is 9.38 Å². The van der Waals surface area contributed by atoms with E-state index in [-0.39, 0.29) is 5.82 Å². The minimum atomic E-state index is -0.200. The molecule has 1 aliphatic rings. The zero-order valence-electron chi connectivity index (χ0n) is 17.7. The van der Waals surface area contributed by atoms with E-state index in [1.165, 1.54) is 11.6 Å². The van der Waals surface area contributed by atoms with Crippen molar-refractivity contribution in [2.24, 2.45) is 4.99 Å². The molecule has 0 atom stereocenters. The monoisotopic (exact) mass is 413 g/mol. The van der Waals surface area contributed by atoms with Gasteiger partial charge in [-0.05, 0) is 55.0 Å². The van der Waals surface area contributed by atoms with Crippen LogP contribution < -0.4 is 10.6 Å². The lowest BCUT2D eigenvalue weighted by Gasteiger charge is -2.22. The number of benzene rings is 2. The fourth-order valence-corrected chi connectivity index (χ4v) is 3.40. The molecule has 2 aromatic carbocycles. The molecule has 2 aromatic rings. The number of aliphatic imine (C=N–C) groups is 1. The standard InChI is InChI=1S/C24H32FN3O2/c1-2-26-24(27-12-9-19-5-4-8-22(25)16-19)28-17-20-6-3-7-21(15-20)18-30-23-10-13-29-14-11-23/h3-8,15-16,23H,2,9-14,17-18H2,1H3,(H2,26,27,28). The van der Waals surface area contributed by atoms with E-state index in [1.54, 1.807) is 12.1 Å². The summed E-state index contributed by atoms with van der Waals surface area (Å²) in [5, 5.41) is 6.58. The van der Waals surface area contributed by atoms with Crippen LogP contribution in [-0.4, -0.2) is 38.4 Å². The first-order valence-corrected chi connectivity index (χ1v) is 10.8. The van der Waals surface area contributed by atoms with Crippen molar-refractivity contribution in [1.82, 2.24) is 10.6 Å². The first-order chi connectivity index (χ1) is 14.7. The molecule has 0 bridgehead atoms. The molecule has 0 aromatic heterocycles. The molecule has 0 spiro atoms. The Kier molecular flexibility index (Phi) is 9.12. The molecule has 162 valence electrons. The van der Waals surface area contributed by atoms with Crippen molar-refractivity contribution in [3.05, 3.63) is 71.0 Å². The van der Waals surface area contributed by atoms with Gasteiger partial charge in [0.2, 0.25) is 0 Å². The Morgan fingerprint density at radius 3 is 2.63 bits per heavy atom. The highest BCUT2D eigenvalue weighted by molar-refractivity contribution is 5.79. The third-order valence-corrected chi connectivity index (χ3v) is 5.00. The molecule has 0 unspecified atom stereocenters. The zero-order valence-corrected chi connectivity index (χ0v) is 17.7. The average molecular weight is 414 g/mol. The molecule has 1 aliphatic heterocycles. The second-order valence-corrected chi connectivity index (χ2v) is 7.44. The first-order valence-electron chi connectivity index (χ1n) is 10.8. The van der Waals surface area contributed by atoms with Gasteiger partial charge in [0.25, 0.3) is 0 Å². The van der Waals surface area contributed by atoms with Crippen LogP contribution in [0.5, 0.6) is 0 Å². The minimum absolute atomic E-state index is 0.200. The van der Waals surface area contributed by atoms with Crippen LogP contribution in [-0.2, 0) is 29.0 Å². The van der Waals surface area contributed by atoms with E-state index in [0.717, 1.165) is 56.1 Å². The summed E-state index contributed by atoms with van der Waals surface area (Å²) in [6.07, 6.45) is 2.97. The molecular formula is C24H32FN3O2. The van der Waals surface area contributed by atoms with Crippen LogP contribution in [0.4, 0.5) is 4.39 Å². The van der Waals surface area contributed by atoms with E-state index >= 15 is 0 Å². The molecule has 2 N–H and O–H groups in total. The summed E-state index contributed by atoms with van der Waals surface area (Å²) in [5.41, 5.74) is 3.28. The molecule has 1 heterocycles. The van der Waals surface area contributed by atoms with Gasteiger partial charge in [-0.1, -0.05) is 36.4 Å². The SMILES string of the molecule is CCNC(=NCc1cccc(COC2CCOCC2)c1)NCCc1cccc(F)c1. The van der Waals surface area contributed by atoms with E-state index in [9.17, 15) is 4.39 Å². The molecule has 6 heteroatoms. The topological polar surface area (TPSA) is 54.9 Å². The number of guanidine groups is 1. The number of nitrogens with one attached hydrogen (secondary N) is 2. The Morgan fingerprint density at radius 2 is 1.83 bits per heavy atom. The smallest absolute Gasteiger partial charge is 0.191 e. The van der Waals surface area contributed by atoms with E-state index in [4.69, 9.17) is 9.47 Å². The van der Waals surface area contributed by atoms with Gasteiger partial charge in [0, 0.05) is 26.3 Å². The predicted molar refractivity (Wildman–Crippen MR) is 118 cm³/mol. The van der Waals surface area contributed by atoms with Gasteiger partial charge in [-0.3, -0.25) is 0 Å². The van der Waals surface area contributed by atoms with Crippen molar-refractivity contribution >= 4 is 5.96 Å². The van der Waals surface area contributed by atoms with Gasteiger partial charge in [-0.15, -0.1) is 0 Å². The molecule has 0 radical (unpaired) electrons. The summed E-state index contributed by atoms with van der Waals surface area (Å²) in [5.74, 6) is 0.562. The Labute approximate surface area is 178 Å². The van der Waals surface area contributed by atoms with Crippen molar-refractivity contribution in [2.75, 3.05) is 26.3 Å². The molecule has 0 aliphatic carbocycles. The quantitative estimate of drug-likeness (QED) is 0.485. The maximum Gasteiger partial charge on any atom is 0.191 e. The van der Waals surface area contributed by atoms with E-state index < -0.39 is 0 Å². The molecule has 1 saturated heterocycles. The van der Waals surface area contributed by atoms with Crippen molar-refractivity contribution in [1.29, 1.82) is 0 Å². The van der Waals surface area contributed by atoms with Crippen LogP contribution >= 0.6 is 0 Å². The summed E-state index contributed by atoms with van der Waals surface area (Å²) in [7, 11) is 0. The number of nitrogens with zero attached hydrogens (tertiary/aromatic N) is 1. The highest BCUT2D eigenvalue weighted by Gasteiger charge is 2.14. The molecule has 30 heavy (non-hydrogen) atoms. The summed E-state index contributed by atoms with van der Waals surface area (Å²) in [6, 6.07) is 15.1. The maximum absolute atomic E-state index is 13.3. The normalized spacial score (nSPS) is 15.2. The van der Waals surface area contributed by atoms with Crippen LogP contribution in [0.3, 0.4) is 0 Å². The van der Waals surface area contributed by atoms with Crippen LogP contribution in [0, 0.1) is 5.82 Å². The first kappa shape index (κ1) is 22.2. The second kappa shape index (κ2) is 12.3. The maximum atomic E-state index is 13.3. The Balaban J connectivity index is 1.49. The zero-order chi connectivity index (χ0) is 21.0. The molecule has 0 saturated carbocycles. The van der Waals surface area contributed by atoms with E-state index in [2.05, 4.69) is 39.9 Å². The minimum Gasteiger partial charge on any atom is -0.381 e.